The van der Waals surface area contributed by atoms with E-state index in [1.165, 1.54) is 14.2 Å². The molecule has 0 aromatic carbocycles. The van der Waals surface area contributed by atoms with Crippen LogP contribution in [0.1, 0.15) is 21.0 Å². The van der Waals surface area contributed by atoms with E-state index in [0.29, 0.717) is 29.3 Å². The number of imidazole rings is 2. The van der Waals surface area contributed by atoms with Crippen LogP contribution >= 0.6 is 15.9 Å². The molecule has 0 radical (unpaired) electrons. The molecule has 1 aliphatic rings. The van der Waals surface area contributed by atoms with Gasteiger partial charge in [-0.2, -0.15) is 0 Å². The third-order valence-corrected chi connectivity index (χ3v) is 5.65. The minimum absolute atomic E-state index is 0.319. The summed E-state index contributed by atoms with van der Waals surface area (Å²) in [5.41, 5.74) is 2.16. The van der Waals surface area contributed by atoms with Crippen molar-refractivity contribution in [1.82, 2.24) is 18.8 Å². The van der Waals surface area contributed by atoms with Crippen LogP contribution in [-0.4, -0.2) is 71.2 Å². The molecule has 0 spiro atoms. The Bertz CT molecular complexity index is 1300. The minimum Gasteiger partial charge on any atom is -0.464 e. The van der Waals surface area contributed by atoms with Gasteiger partial charge in [0, 0.05) is 25.5 Å². The molecule has 0 amide bonds. The molecule has 1 aliphatic heterocycles. The fraction of sp³-hybridized carbons (Fsp3) is 0.273. The Balaban J connectivity index is 0.000000165. The van der Waals surface area contributed by atoms with Crippen molar-refractivity contribution in [3.63, 3.8) is 0 Å². The second kappa shape index (κ2) is 10.0. The summed E-state index contributed by atoms with van der Waals surface area (Å²) in [4.78, 5) is 33.7. The maximum absolute atomic E-state index is 11.8. The normalized spacial score (nSPS) is 13.5. The summed E-state index contributed by atoms with van der Waals surface area (Å²) in [6, 6.07) is 11.2. The quantitative estimate of drug-likeness (QED) is 0.384. The largest absolute Gasteiger partial charge is 0.464 e. The second-order valence-electron chi connectivity index (χ2n) is 6.98. The fourth-order valence-corrected chi connectivity index (χ4v) is 3.99. The summed E-state index contributed by atoms with van der Waals surface area (Å²) in [6.45, 7) is 2.90. The van der Waals surface area contributed by atoms with E-state index in [0.717, 1.165) is 30.1 Å². The van der Waals surface area contributed by atoms with Crippen molar-refractivity contribution < 1.29 is 23.8 Å². The van der Waals surface area contributed by atoms with E-state index < -0.39 is 11.9 Å². The van der Waals surface area contributed by atoms with Gasteiger partial charge in [0.2, 0.25) is 5.95 Å². The number of aromatic nitrogens is 4. The van der Waals surface area contributed by atoms with E-state index in [9.17, 15) is 9.59 Å². The maximum Gasteiger partial charge on any atom is 0.359 e. The third-order valence-electron chi connectivity index (χ3n) is 5.09. The number of hydrogen-bond acceptors (Lipinski definition) is 8. The summed E-state index contributed by atoms with van der Waals surface area (Å²) in [6.07, 6.45) is 3.72. The van der Waals surface area contributed by atoms with Gasteiger partial charge in [-0.1, -0.05) is 12.1 Å². The molecule has 0 saturated carbocycles. The molecule has 0 bridgehead atoms. The van der Waals surface area contributed by atoms with Crippen LogP contribution in [0.5, 0.6) is 0 Å². The van der Waals surface area contributed by atoms with Crippen LogP contribution in [-0.2, 0) is 14.2 Å². The zero-order valence-electron chi connectivity index (χ0n) is 18.1. The van der Waals surface area contributed by atoms with E-state index in [4.69, 9.17) is 9.47 Å². The molecule has 0 N–H and O–H groups in total. The average Bonchev–Trinajstić information content (AvgIpc) is 3.43. The molecule has 5 rings (SSSR count). The Labute approximate surface area is 197 Å². The molecule has 1 saturated heterocycles. The number of methoxy groups -OCH3 is 2. The highest BCUT2D eigenvalue weighted by atomic mass is 79.9. The fourth-order valence-electron chi connectivity index (χ4n) is 3.50. The standard InChI is InChI=1S/C13H15N3O3.C9H7BrN2O2/c1-18-12(17)11-10-4-2-3-5-16(10)13(14-11)15-6-8-19-9-7-15;1-14-8(13)7-6-4-2-3-5-12(6)9(10)11-7/h2-5H,6-9H2,1H3;2-5H,1H3. The van der Waals surface area contributed by atoms with E-state index in [-0.39, 0.29) is 0 Å². The number of anilines is 1. The molecule has 5 heterocycles. The first-order valence-electron chi connectivity index (χ1n) is 10.1. The number of nitrogens with zero attached hydrogens (tertiary/aromatic N) is 5. The number of fused-ring (bicyclic) bond motifs is 2. The van der Waals surface area contributed by atoms with E-state index in [1.54, 1.807) is 4.40 Å². The molecule has 172 valence electrons. The van der Waals surface area contributed by atoms with Crippen molar-refractivity contribution in [3.05, 3.63) is 64.9 Å². The Morgan fingerprint density at radius 3 is 2.03 bits per heavy atom. The zero-order valence-corrected chi connectivity index (χ0v) is 19.7. The number of ether oxygens (including phenoxy) is 3. The van der Waals surface area contributed by atoms with Gasteiger partial charge >= 0.3 is 11.9 Å². The molecule has 4 aromatic heterocycles. The van der Waals surface area contributed by atoms with Crippen LogP contribution in [0.3, 0.4) is 0 Å². The minimum atomic E-state index is -0.431. The number of morpholine rings is 1. The molecule has 10 nitrogen and oxygen atoms in total. The first-order chi connectivity index (χ1) is 16.0. The molecule has 11 heteroatoms. The van der Waals surface area contributed by atoms with Crippen LogP contribution in [0.15, 0.2) is 53.5 Å². The van der Waals surface area contributed by atoms with Crippen LogP contribution < -0.4 is 4.90 Å². The second-order valence-corrected chi connectivity index (χ2v) is 7.69. The lowest BCUT2D eigenvalue weighted by atomic mass is 10.3. The van der Waals surface area contributed by atoms with Crippen molar-refractivity contribution in [2.24, 2.45) is 0 Å². The lowest BCUT2D eigenvalue weighted by Crippen LogP contribution is -2.37. The highest BCUT2D eigenvalue weighted by molar-refractivity contribution is 9.10. The van der Waals surface area contributed by atoms with Crippen molar-refractivity contribution in [1.29, 1.82) is 0 Å². The molecule has 0 atom stereocenters. The van der Waals surface area contributed by atoms with E-state index in [2.05, 4.69) is 35.5 Å². The summed E-state index contributed by atoms with van der Waals surface area (Å²) in [5.74, 6) is -0.0816. The van der Waals surface area contributed by atoms with Crippen molar-refractivity contribution in [2.75, 3.05) is 45.4 Å². The number of esters is 2. The third kappa shape index (κ3) is 4.55. The molecule has 0 unspecified atom stereocenters. The average molecular weight is 516 g/mol. The Hall–Kier alpha value is -3.44. The van der Waals surface area contributed by atoms with Gasteiger partial charge in [-0.05, 0) is 40.2 Å². The lowest BCUT2D eigenvalue weighted by Gasteiger charge is -2.26. The van der Waals surface area contributed by atoms with Gasteiger partial charge in [-0.15, -0.1) is 0 Å². The van der Waals surface area contributed by atoms with Crippen molar-refractivity contribution in [3.8, 4) is 0 Å². The highest BCUT2D eigenvalue weighted by Crippen LogP contribution is 2.21. The van der Waals surface area contributed by atoms with Gasteiger partial charge in [-0.25, -0.2) is 19.6 Å². The van der Waals surface area contributed by atoms with E-state index >= 15 is 0 Å². The SMILES string of the molecule is COC(=O)c1nc(Br)n2ccccc12.COC(=O)c1nc(N2CCOCC2)n2ccccc12. The highest BCUT2D eigenvalue weighted by Gasteiger charge is 2.22. The molecule has 0 aliphatic carbocycles. The Morgan fingerprint density at radius 2 is 1.42 bits per heavy atom. The predicted molar refractivity (Wildman–Crippen MR) is 124 cm³/mol. The van der Waals surface area contributed by atoms with Gasteiger partial charge in [0.1, 0.15) is 0 Å². The number of hydrogen-bond donors (Lipinski definition) is 0. The monoisotopic (exact) mass is 515 g/mol. The molecule has 33 heavy (non-hydrogen) atoms. The molecule has 1 fully saturated rings. The van der Waals surface area contributed by atoms with Crippen LogP contribution in [0.25, 0.3) is 11.0 Å². The van der Waals surface area contributed by atoms with Gasteiger partial charge in [0.05, 0.1) is 38.5 Å². The molecule has 4 aromatic rings. The summed E-state index contributed by atoms with van der Waals surface area (Å²) in [7, 11) is 2.70. The summed E-state index contributed by atoms with van der Waals surface area (Å²) in [5, 5.41) is 0. The van der Waals surface area contributed by atoms with Gasteiger partial charge in [-0.3, -0.25) is 8.80 Å². The zero-order chi connectivity index (χ0) is 23.4. The number of pyridine rings is 2. The van der Waals surface area contributed by atoms with Crippen LogP contribution in [0.2, 0.25) is 0 Å². The smallest absolute Gasteiger partial charge is 0.359 e. The van der Waals surface area contributed by atoms with E-state index in [1.807, 2.05) is 53.2 Å². The van der Waals surface area contributed by atoms with Crippen molar-refractivity contribution in [2.45, 2.75) is 0 Å². The Morgan fingerprint density at radius 1 is 0.879 bits per heavy atom. The topological polar surface area (TPSA) is 99.7 Å². The molecular formula is C22H22BrN5O5. The predicted octanol–water partition coefficient (Wildman–Crippen LogP) is 2.84. The number of carbonyl (C=O) groups excluding carboxylic acids is 2. The maximum atomic E-state index is 11.8. The Kier molecular flexibility index (Phi) is 6.90. The van der Waals surface area contributed by atoms with Crippen LogP contribution in [0, 0.1) is 0 Å². The van der Waals surface area contributed by atoms with Gasteiger partial charge in [0.25, 0.3) is 0 Å². The number of carbonyl (C=O) groups is 2. The first-order valence-corrected chi connectivity index (χ1v) is 10.9. The first kappa shape index (κ1) is 22.7. The summed E-state index contributed by atoms with van der Waals surface area (Å²) >= 11 is 3.26. The number of rotatable bonds is 3. The summed E-state index contributed by atoms with van der Waals surface area (Å²) < 4.78 is 19.0. The lowest BCUT2D eigenvalue weighted by molar-refractivity contribution is 0.0588. The van der Waals surface area contributed by atoms with Gasteiger partial charge in [0.15, 0.2) is 16.1 Å². The van der Waals surface area contributed by atoms with Gasteiger partial charge < -0.3 is 19.1 Å². The molecular weight excluding hydrogens is 494 g/mol. The number of halogens is 1. The van der Waals surface area contributed by atoms with Crippen molar-refractivity contribution >= 4 is 44.9 Å². The van der Waals surface area contributed by atoms with Crippen LogP contribution in [0.4, 0.5) is 5.95 Å².